The second-order valence-corrected chi connectivity index (χ2v) is 7.73. The molecule has 0 aliphatic carbocycles. The van der Waals surface area contributed by atoms with Crippen LogP contribution in [0.3, 0.4) is 0 Å². The van der Waals surface area contributed by atoms with E-state index in [4.69, 9.17) is 28.7 Å². The number of anilines is 2. The van der Waals surface area contributed by atoms with Gasteiger partial charge in [0.25, 0.3) is 5.91 Å². The lowest BCUT2D eigenvalue weighted by molar-refractivity contribution is -0.118. The minimum atomic E-state index is -4.80. The maximum atomic E-state index is 12.5. The molecule has 13 heteroatoms. The van der Waals surface area contributed by atoms with Crippen LogP contribution < -0.4 is 29.6 Å². The number of ether oxygens (including phenoxy) is 4. The number of benzene rings is 2. The fourth-order valence-electron chi connectivity index (χ4n) is 2.75. The van der Waals surface area contributed by atoms with Gasteiger partial charge >= 0.3 is 7.82 Å². The van der Waals surface area contributed by atoms with E-state index in [0.717, 1.165) is 0 Å². The highest BCUT2D eigenvalue weighted by Crippen LogP contribution is 2.36. The van der Waals surface area contributed by atoms with Gasteiger partial charge in [-0.05, 0) is 24.3 Å². The normalized spacial score (nSPS) is 11.1. The zero-order chi connectivity index (χ0) is 25.3. The summed E-state index contributed by atoms with van der Waals surface area (Å²) in [6.45, 7) is -0.877. The molecule has 0 aromatic heterocycles. The van der Waals surface area contributed by atoms with Crippen LogP contribution in [0.2, 0.25) is 0 Å². The van der Waals surface area contributed by atoms with Crippen molar-refractivity contribution in [1.29, 1.82) is 0 Å². The zero-order valence-electron chi connectivity index (χ0n) is 18.9. The molecule has 12 nitrogen and oxygen atoms in total. The molecule has 0 aliphatic heterocycles. The van der Waals surface area contributed by atoms with Crippen LogP contribution in [0.5, 0.6) is 23.0 Å². The molecule has 4 N–H and O–H groups in total. The minimum Gasteiger partial charge on any atom is -0.496 e. The Morgan fingerprint density at radius 3 is 2.06 bits per heavy atom. The molecule has 2 aromatic rings. The van der Waals surface area contributed by atoms with Crippen LogP contribution in [-0.2, 0) is 18.7 Å². The molecule has 0 heterocycles. The second-order valence-electron chi connectivity index (χ2n) is 6.50. The van der Waals surface area contributed by atoms with E-state index in [1.54, 1.807) is 18.2 Å². The van der Waals surface area contributed by atoms with E-state index >= 15 is 0 Å². The topological polar surface area (TPSA) is 162 Å². The van der Waals surface area contributed by atoms with Crippen molar-refractivity contribution in [1.82, 2.24) is 0 Å². The first-order valence-electron chi connectivity index (χ1n) is 9.57. The summed E-state index contributed by atoms with van der Waals surface area (Å²) in [7, 11) is 1.02. The van der Waals surface area contributed by atoms with E-state index in [1.165, 1.54) is 52.7 Å². The number of hydrogen-bond acceptors (Lipinski definition) is 8. The van der Waals surface area contributed by atoms with E-state index in [0.29, 0.717) is 28.5 Å². The van der Waals surface area contributed by atoms with Crippen molar-refractivity contribution < 1.29 is 47.4 Å². The molecule has 34 heavy (non-hydrogen) atoms. The number of phosphoric ester groups is 1. The highest BCUT2D eigenvalue weighted by Gasteiger charge is 2.17. The van der Waals surface area contributed by atoms with Gasteiger partial charge in [-0.15, -0.1) is 0 Å². The Hall–Kier alpha value is -3.57. The summed E-state index contributed by atoms with van der Waals surface area (Å²) < 4.78 is 36.0. The summed E-state index contributed by atoms with van der Waals surface area (Å²) in [4.78, 5) is 41.8. The summed E-state index contributed by atoms with van der Waals surface area (Å²) in [5.41, 5.74) is 0.992. The summed E-state index contributed by atoms with van der Waals surface area (Å²) in [5.74, 6) is 0.329. The Balaban J connectivity index is 2.17. The molecule has 2 aromatic carbocycles. The van der Waals surface area contributed by atoms with Crippen LogP contribution >= 0.6 is 7.82 Å². The predicted molar refractivity (Wildman–Crippen MR) is 123 cm³/mol. The number of amides is 2. The highest BCUT2D eigenvalue weighted by atomic mass is 31.2. The highest BCUT2D eigenvalue weighted by molar-refractivity contribution is 7.46. The molecule has 0 saturated carbocycles. The van der Waals surface area contributed by atoms with E-state index in [-0.39, 0.29) is 11.4 Å². The SMILES string of the molecule is COc1cc(OC)c(/C=C/C(=O)Nc2ccc(OC)c(NC(=O)COP(=O)(O)O)c2)c(OC)c1. The van der Waals surface area contributed by atoms with Gasteiger partial charge in [0.1, 0.15) is 29.6 Å². The van der Waals surface area contributed by atoms with Crippen LogP contribution in [0.1, 0.15) is 5.56 Å². The van der Waals surface area contributed by atoms with Crippen molar-refractivity contribution in [2.24, 2.45) is 0 Å². The van der Waals surface area contributed by atoms with Crippen LogP contribution in [0.15, 0.2) is 36.4 Å². The zero-order valence-corrected chi connectivity index (χ0v) is 19.8. The Kier molecular flexibility index (Phi) is 9.46. The second kappa shape index (κ2) is 12.1. The van der Waals surface area contributed by atoms with Crippen molar-refractivity contribution in [2.75, 3.05) is 45.7 Å². The largest absolute Gasteiger partial charge is 0.496 e. The standard InChI is InChI=1S/C21H25N2O10P/c1-29-14-10-18(31-3)15(19(11-14)32-4)6-8-20(24)22-13-5-7-17(30-2)16(9-13)23-21(25)12-33-34(26,27)28/h5-11H,12H2,1-4H3,(H,22,24)(H,23,25)(H2,26,27,28)/b8-6+. The maximum absolute atomic E-state index is 12.5. The van der Waals surface area contributed by atoms with E-state index in [1.807, 2.05) is 0 Å². The molecule has 0 aliphatic rings. The molecule has 0 fully saturated rings. The monoisotopic (exact) mass is 496 g/mol. The maximum Gasteiger partial charge on any atom is 0.470 e. The first-order chi connectivity index (χ1) is 16.1. The number of rotatable bonds is 11. The molecule has 184 valence electrons. The van der Waals surface area contributed by atoms with Gasteiger partial charge in [-0.1, -0.05) is 0 Å². The van der Waals surface area contributed by atoms with Gasteiger partial charge in [-0.3, -0.25) is 14.1 Å². The van der Waals surface area contributed by atoms with Gasteiger partial charge in [-0.2, -0.15) is 0 Å². The predicted octanol–water partition coefficient (Wildman–Crippen LogP) is 2.42. The fraction of sp³-hybridized carbons (Fsp3) is 0.238. The third-order valence-electron chi connectivity index (χ3n) is 4.26. The lowest BCUT2D eigenvalue weighted by Crippen LogP contribution is -2.18. The average molecular weight is 496 g/mol. The van der Waals surface area contributed by atoms with Gasteiger partial charge < -0.3 is 39.4 Å². The van der Waals surface area contributed by atoms with Crippen LogP contribution in [0.4, 0.5) is 11.4 Å². The smallest absolute Gasteiger partial charge is 0.470 e. The molecular weight excluding hydrogens is 471 g/mol. The first-order valence-corrected chi connectivity index (χ1v) is 11.1. The molecule has 0 radical (unpaired) electrons. The molecule has 0 spiro atoms. The van der Waals surface area contributed by atoms with E-state index in [9.17, 15) is 14.2 Å². The molecule has 0 saturated heterocycles. The van der Waals surface area contributed by atoms with Crippen LogP contribution in [0.25, 0.3) is 6.08 Å². The molecule has 0 bridgehead atoms. The number of hydrogen-bond donors (Lipinski definition) is 4. The molecule has 0 atom stereocenters. The van der Waals surface area contributed by atoms with Gasteiger partial charge in [0, 0.05) is 23.9 Å². The van der Waals surface area contributed by atoms with Crippen LogP contribution in [-0.4, -0.2) is 56.6 Å². The summed E-state index contributed by atoms with van der Waals surface area (Å²) >= 11 is 0. The van der Waals surface area contributed by atoms with Gasteiger partial charge in [-0.25, -0.2) is 4.57 Å². The first kappa shape index (κ1) is 26.7. The van der Waals surface area contributed by atoms with Crippen molar-refractivity contribution in [2.45, 2.75) is 0 Å². The average Bonchev–Trinajstić information content (AvgIpc) is 2.80. The number of methoxy groups -OCH3 is 4. The minimum absolute atomic E-state index is 0.155. The van der Waals surface area contributed by atoms with Gasteiger partial charge in [0.2, 0.25) is 5.91 Å². The van der Waals surface area contributed by atoms with E-state index in [2.05, 4.69) is 15.2 Å². The van der Waals surface area contributed by atoms with Crippen LogP contribution in [0, 0.1) is 0 Å². The lowest BCUT2D eigenvalue weighted by atomic mass is 10.1. The number of nitrogens with one attached hydrogen (secondary N) is 2. The third-order valence-corrected chi connectivity index (χ3v) is 4.72. The Morgan fingerprint density at radius 1 is 0.912 bits per heavy atom. The van der Waals surface area contributed by atoms with Gasteiger partial charge in [0.15, 0.2) is 0 Å². The van der Waals surface area contributed by atoms with Crippen molar-refractivity contribution in [3.63, 3.8) is 0 Å². The summed E-state index contributed by atoms with van der Waals surface area (Å²) in [5, 5.41) is 5.04. The summed E-state index contributed by atoms with van der Waals surface area (Å²) in [6, 6.07) is 7.74. The number of phosphoric acid groups is 1. The Bertz CT molecular complexity index is 1090. The lowest BCUT2D eigenvalue weighted by Gasteiger charge is -2.13. The van der Waals surface area contributed by atoms with Crippen molar-refractivity contribution >= 4 is 37.1 Å². The Labute approximate surface area is 195 Å². The third kappa shape index (κ3) is 7.78. The summed E-state index contributed by atoms with van der Waals surface area (Å²) in [6.07, 6.45) is 2.78. The van der Waals surface area contributed by atoms with Gasteiger partial charge in [0.05, 0.1) is 39.7 Å². The quantitative estimate of drug-likeness (QED) is 0.268. The number of carbonyl (C=O) groups excluding carboxylic acids is 2. The Morgan fingerprint density at radius 2 is 1.53 bits per heavy atom. The van der Waals surface area contributed by atoms with Crippen molar-refractivity contribution in [3.05, 3.63) is 42.0 Å². The van der Waals surface area contributed by atoms with E-state index < -0.39 is 26.2 Å². The fourth-order valence-corrected chi connectivity index (χ4v) is 3.04. The molecule has 2 amide bonds. The molecule has 2 rings (SSSR count). The van der Waals surface area contributed by atoms with Crippen molar-refractivity contribution in [3.8, 4) is 23.0 Å². The number of carbonyl (C=O) groups is 2. The molecular formula is C21H25N2O10P. The molecule has 0 unspecified atom stereocenters.